The first kappa shape index (κ1) is 12.3. The molecule has 15 heavy (non-hydrogen) atoms. The van der Waals surface area contributed by atoms with Crippen molar-refractivity contribution in [1.29, 1.82) is 0 Å². The Balaban J connectivity index is 2.00. The number of ether oxygens (including phenoxy) is 1. The topological polar surface area (TPSA) is 26.2 Å². The van der Waals surface area contributed by atoms with Gasteiger partial charge in [0.25, 0.3) is 0 Å². The normalized spacial score (nSPS) is 11.2. The van der Waals surface area contributed by atoms with Crippen LogP contribution >= 0.6 is 0 Å². The van der Waals surface area contributed by atoms with Gasteiger partial charge in [0.2, 0.25) is 0 Å². The van der Waals surface area contributed by atoms with Crippen LogP contribution < -0.4 is 5.32 Å². The number of hydrogen-bond donors (Lipinski definition) is 1. The van der Waals surface area contributed by atoms with Crippen LogP contribution in [0, 0.1) is 5.92 Å². The Hall–Kier alpha value is -0.800. The molecule has 0 saturated carbocycles. The molecule has 0 radical (unpaired) electrons. The number of aromatic nitrogens is 1. The lowest BCUT2D eigenvalue weighted by molar-refractivity contribution is 0.111. The second-order valence-corrected chi connectivity index (χ2v) is 4.26. The van der Waals surface area contributed by atoms with Gasteiger partial charge in [-0.25, -0.2) is 0 Å². The van der Waals surface area contributed by atoms with Crippen molar-refractivity contribution in [2.45, 2.75) is 20.4 Å². The van der Waals surface area contributed by atoms with Gasteiger partial charge in [-0.2, -0.15) is 0 Å². The molecule has 1 N–H and O–H groups in total. The van der Waals surface area contributed by atoms with E-state index in [0.29, 0.717) is 5.92 Å². The van der Waals surface area contributed by atoms with Gasteiger partial charge in [0.15, 0.2) is 0 Å². The van der Waals surface area contributed by atoms with E-state index in [2.05, 4.69) is 49.1 Å². The van der Waals surface area contributed by atoms with Gasteiger partial charge in [0.1, 0.15) is 0 Å². The van der Waals surface area contributed by atoms with Gasteiger partial charge in [0.05, 0.1) is 6.61 Å². The first-order valence-electron chi connectivity index (χ1n) is 5.59. The molecular weight excluding hydrogens is 188 g/mol. The van der Waals surface area contributed by atoms with Gasteiger partial charge in [0, 0.05) is 38.6 Å². The largest absolute Gasteiger partial charge is 0.380 e. The Morgan fingerprint density at radius 1 is 1.47 bits per heavy atom. The van der Waals surface area contributed by atoms with Crippen LogP contribution in [0.3, 0.4) is 0 Å². The Labute approximate surface area is 92.4 Å². The van der Waals surface area contributed by atoms with Gasteiger partial charge in [-0.15, -0.1) is 0 Å². The lowest BCUT2D eigenvalue weighted by atomic mass is 10.2. The van der Waals surface area contributed by atoms with E-state index in [1.807, 2.05) is 0 Å². The quantitative estimate of drug-likeness (QED) is 0.694. The Bertz CT molecular complexity index is 268. The smallest absolute Gasteiger partial charge is 0.0591 e. The van der Waals surface area contributed by atoms with Crippen LogP contribution in [0.4, 0.5) is 0 Å². The lowest BCUT2D eigenvalue weighted by Crippen LogP contribution is -2.21. The van der Waals surface area contributed by atoms with E-state index in [1.165, 1.54) is 5.69 Å². The molecule has 0 aliphatic rings. The summed E-state index contributed by atoms with van der Waals surface area (Å²) in [5, 5.41) is 3.36. The lowest BCUT2D eigenvalue weighted by Gasteiger charge is -2.08. The van der Waals surface area contributed by atoms with Crippen molar-refractivity contribution in [2.24, 2.45) is 13.0 Å². The van der Waals surface area contributed by atoms with E-state index in [4.69, 9.17) is 4.74 Å². The third-order valence-electron chi connectivity index (χ3n) is 2.23. The van der Waals surface area contributed by atoms with Crippen LogP contribution in [0.1, 0.15) is 19.5 Å². The SMILES string of the molecule is CC(C)COCCNCc1cccn1C. The molecule has 0 amide bonds. The summed E-state index contributed by atoms with van der Waals surface area (Å²) in [6, 6.07) is 4.19. The van der Waals surface area contributed by atoms with Crippen LogP contribution in [0.5, 0.6) is 0 Å². The molecule has 1 heterocycles. The number of nitrogens with zero attached hydrogens (tertiary/aromatic N) is 1. The first-order chi connectivity index (χ1) is 7.20. The van der Waals surface area contributed by atoms with Crippen molar-refractivity contribution in [3.63, 3.8) is 0 Å². The van der Waals surface area contributed by atoms with Gasteiger partial charge in [-0.1, -0.05) is 13.8 Å². The van der Waals surface area contributed by atoms with Crippen LogP contribution in [0.15, 0.2) is 18.3 Å². The highest BCUT2D eigenvalue weighted by atomic mass is 16.5. The average molecular weight is 210 g/mol. The molecule has 3 nitrogen and oxygen atoms in total. The van der Waals surface area contributed by atoms with E-state index >= 15 is 0 Å². The zero-order chi connectivity index (χ0) is 11.1. The molecule has 0 aliphatic heterocycles. The van der Waals surface area contributed by atoms with E-state index in [9.17, 15) is 0 Å². The summed E-state index contributed by atoms with van der Waals surface area (Å²) in [7, 11) is 2.06. The maximum absolute atomic E-state index is 5.48. The molecule has 0 spiro atoms. The van der Waals surface area contributed by atoms with Gasteiger partial charge in [-0.05, 0) is 18.1 Å². The fourth-order valence-electron chi connectivity index (χ4n) is 1.36. The minimum atomic E-state index is 0.623. The molecular formula is C12H22N2O. The summed E-state index contributed by atoms with van der Waals surface area (Å²) in [5.74, 6) is 0.623. The van der Waals surface area contributed by atoms with Crippen molar-refractivity contribution in [3.8, 4) is 0 Å². The minimum absolute atomic E-state index is 0.623. The summed E-state index contributed by atoms with van der Waals surface area (Å²) in [6.45, 7) is 7.80. The van der Waals surface area contributed by atoms with Crippen LogP contribution in [-0.2, 0) is 18.3 Å². The molecule has 0 saturated heterocycles. The molecule has 0 aliphatic carbocycles. The molecule has 1 aromatic heterocycles. The van der Waals surface area contributed by atoms with Crippen molar-refractivity contribution < 1.29 is 4.74 Å². The van der Waals surface area contributed by atoms with Crippen LogP contribution in [-0.4, -0.2) is 24.3 Å². The molecule has 86 valence electrons. The molecule has 3 heteroatoms. The Kier molecular flexibility index (Phi) is 5.43. The summed E-state index contributed by atoms with van der Waals surface area (Å²) in [5.41, 5.74) is 1.30. The van der Waals surface area contributed by atoms with Crippen molar-refractivity contribution >= 4 is 0 Å². The number of hydrogen-bond acceptors (Lipinski definition) is 2. The Morgan fingerprint density at radius 3 is 2.87 bits per heavy atom. The molecule has 0 unspecified atom stereocenters. The summed E-state index contributed by atoms with van der Waals surface area (Å²) in [6.07, 6.45) is 2.06. The highest BCUT2D eigenvalue weighted by molar-refractivity contribution is 5.05. The van der Waals surface area contributed by atoms with E-state index < -0.39 is 0 Å². The van der Waals surface area contributed by atoms with Crippen molar-refractivity contribution in [2.75, 3.05) is 19.8 Å². The third-order valence-corrected chi connectivity index (χ3v) is 2.23. The predicted molar refractivity (Wildman–Crippen MR) is 62.8 cm³/mol. The summed E-state index contributed by atoms with van der Waals surface area (Å²) < 4.78 is 7.60. The standard InChI is InChI=1S/C12H22N2O/c1-11(2)10-15-8-6-13-9-12-5-4-7-14(12)3/h4-5,7,11,13H,6,8-10H2,1-3H3. The van der Waals surface area contributed by atoms with Gasteiger partial charge in [-0.3, -0.25) is 0 Å². The maximum atomic E-state index is 5.48. The summed E-state index contributed by atoms with van der Waals surface area (Å²) in [4.78, 5) is 0. The molecule has 1 rings (SSSR count). The molecule has 0 atom stereocenters. The zero-order valence-corrected chi connectivity index (χ0v) is 9.99. The van der Waals surface area contributed by atoms with Crippen molar-refractivity contribution in [1.82, 2.24) is 9.88 Å². The molecule has 1 aromatic rings. The number of aryl methyl sites for hydroxylation is 1. The first-order valence-corrected chi connectivity index (χ1v) is 5.59. The minimum Gasteiger partial charge on any atom is -0.380 e. The van der Waals surface area contributed by atoms with E-state index in [1.54, 1.807) is 0 Å². The van der Waals surface area contributed by atoms with Crippen molar-refractivity contribution in [3.05, 3.63) is 24.0 Å². The molecule has 0 fully saturated rings. The predicted octanol–water partition coefficient (Wildman–Crippen LogP) is 1.79. The van der Waals surface area contributed by atoms with Gasteiger partial charge >= 0.3 is 0 Å². The van der Waals surface area contributed by atoms with E-state index in [-0.39, 0.29) is 0 Å². The van der Waals surface area contributed by atoms with E-state index in [0.717, 1.165) is 26.3 Å². The second-order valence-electron chi connectivity index (χ2n) is 4.26. The summed E-state index contributed by atoms with van der Waals surface area (Å²) >= 11 is 0. The monoisotopic (exact) mass is 210 g/mol. The third kappa shape index (κ3) is 5.00. The number of nitrogens with one attached hydrogen (secondary N) is 1. The molecule has 0 bridgehead atoms. The van der Waals surface area contributed by atoms with Gasteiger partial charge < -0.3 is 14.6 Å². The fraction of sp³-hybridized carbons (Fsp3) is 0.667. The maximum Gasteiger partial charge on any atom is 0.0591 e. The van der Waals surface area contributed by atoms with Crippen LogP contribution in [0.2, 0.25) is 0 Å². The highest BCUT2D eigenvalue weighted by Gasteiger charge is 1.96. The number of rotatable bonds is 7. The fourth-order valence-corrected chi connectivity index (χ4v) is 1.36. The highest BCUT2D eigenvalue weighted by Crippen LogP contribution is 1.98. The molecule has 0 aromatic carbocycles. The Morgan fingerprint density at radius 2 is 2.27 bits per heavy atom. The second kappa shape index (κ2) is 6.64. The zero-order valence-electron chi connectivity index (χ0n) is 9.99. The van der Waals surface area contributed by atoms with Crippen LogP contribution in [0.25, 0.3) is 0 Å². The average Bonchev–Trinajstić information content (AvgIpc) is 2.57.